The Kier molecular flexibility index (Phi) is 10.4. The van der Waals surface area contributed by atoms with Crippen molar-refractivity contribution >= 4 is 80.8 Å². The van der Waals surface area contributed by atoms with E-state index in [0.29, 0.717) is 22.9 Å². The monoisotopic (exact) mass is 730 g/mol. The van der Waals surface area contributed by atoms with Gasteiger partial charge in [0, 0.05) is 85.0 Å². The molecule has 252 valence electrons. The molecule has 4 aromatic rings. The van der Waals surface area contributed by atoms with Crippen molar-refractivity contribution in [3.63, 3.8) is 0 Å². The molecule has 2 aliphatic heterocycles. The van der Waals surface area contributed by atoms with Gasteiger partial charge in [-0.25, -0.2) is 4.98 Å². The van der Waals surface area contributed by atoms with E-state index in [4.69, 9.17) is 15.5 Å². The Morgan fingerprint density at radius 3 is 2.44 bits per heavy atom. The first kappa shape index (κ1) is 34.0. The number of anilines is 5. The molecule has 11 nitrogen and oxygen atoms in total. The Labute approximate surface area is 292 Å². The van der Waals surface area contributed by atoms with Gasteiger partial charge >= 0.3 is 0 Å². The third kappa shape index (κ3) is 7.11. The summed E-state index contributed by atoms with van der Waals surface area (Å²) >= 11 is 3.65. The van der Waals surface area contributed by atoms with Crippen molar-refractivity contribution in [2.24, 2.45) is 16.1 Å². The molecule has 6 rings (SSSR count). The van der Waals surface area contributed by atoms with Crippen molar-refractivity contribution in [3.05, 3.63) is 59.1 Å². The molecule has 2 aromatic carbocycles. The van der Waals surface area contributed by atoms with Crippen LogP contribution in [0.25, 0.3) is 16.6 Å². The highest BCUT2D eigenvalue weighted by molar-refractivity contribution is 9.10. The summed E-state index contributed by atoms with van der Waals surface area (Å²) in [4.78, 5) is 27.8. The van der Waals surface area contributed by atoms with E-state index in [9.17, 15) is 0 Å². The van der Waals surface area contributed by atoms with Gasteiger partial charge in [0.15, 0.2) is 0 Å². The zero-order chi connectivity index (χ0) is 33.8. The maximum Gasteiger partial charge on any atom is 0.229 e. The minimum Gasteiger partial charge on any atom is -0.494 e. The Hall–Kier alpha value is -3.86. The van der Waals surface area contributed by atoms with Gasteiger partial charge in [-0.05, 0) is 98.7 Å². The molecule has 0 radical (unpaired) electrons. The number of hydrogen-bond acceptors (Lipinski definition) is 11. The summed E-state index contributed by atoms with van der Waals surface area (Å²) in [6, 6.07) is 8.18. The second-order valence-corrected chi connectivity index (χ2v) is 15.9. The number of allylic oxidation sites excluding steroid dienone is 1. The van der Waals surface area contributed by atoms with Gasteiger partial charge in [0.2, 0.25) is 5.95 Å². The zero-order valence-corrected chi connectivity index (χ0v) is 30.8. The highest BCUT2D eigenvalue weighted by atomic mass is 79.9. The summed E-state index contributed by atoms with van der Waals surface area (Å²) in [6.07, 6.45) is 13.5. The van der Waals surface area contributed by atoms with Crippen LogP contribution in [0.2, 0.25) is 0 Å². The SMILES string of the molecule is CN=CC(=CN)c1cc(Nc2ncc(Br)c(Nc3ccc4nccnc4c3P(C)C)n2)c(OC)cc1N1CCC2(CCN(C)CC2)CC1. The van der Waals surface area contributed by atoms with Crippen LogP contribution < -0.4 is 31.3 Å². The first-order valence-electron chi connectivity index (χ1n) is 16.2. The number of nitrogens with two attached hydrogens (primary N) is 1. The number of methoxy groups -OCH3 is 1. The maximum absolute atomic E-state index is 6.19. The molecule has 2 aliphatic rings. The number of rotatable bonds is 9. The summed E-state index contributed by atoms with van der Waals surface area (Å²) in [5.41, 5.74) is 13.0. The summed E-state index contributed by atoms with van der Waals surface area (Å²) < 4.78 is 6.70. The van der Waals surface area contributed by atoms with E-state index < -0.39 is 7.92 Å². The fourth-order valence-corrected chi connectivity index (χ4v) is 8.32. The van der Waals surface area contributed by atoms with Crippen LogP contribution in [0.3, 0.4) is 0 Å². The fraction of sp³-hybridized carbons (Fsp3) is 0.400. The van der Waals surface area contributed by atoms with E-state index in [-0.39, 0.29) is 0 Å². The molecule has 0 unspecified atom stereocenters. The molecule has 4 heterocycles. The van der Waals surface area contributed by atoms with Gasteiger partial charge in [0.1, 0.15) is 11.6 Å². The number of ether oxygens (including phenoxy) is 1. The Balaban J connectivity index is 1.31. The van der Waals surface area contributed by atoms with E-state index in [1.807, 2.05) is 12.1 Å². The van der Waals surface area contributed by atoms with Crippen molar-refractivity contribution < 1.29 is 4.74 Å². The summed E-state index contributed by atoms with van der Waals surface area (Å²) in [5.74, 6) is 1.73. The highest BCUT2D eigenvalue weighted by Crippen LogP contribution is 2.45. The van der Waals surface area contributed by atoms with Gasteiger partial charge in [0.25, 0.3) is 0 Å². The van der Waals surface area contributed by atoms with E-state index in [1.165, 1.54) is 38.8 Å². The Bertz CT molecular complexity index is 1830. The molecular formula is C35H44BrN10OP. The molecule has 2 saturated heterocycles. The third-order valence-electron chi connectivity index (χ3n) is 9.59. The van der Waals surface area contributed by atoms with Crippen LogP contribution in [0, 0.1) is 5.41 Å². The van der Waals surface area contributed by atoms with Crippen molar-refractivity contribution in [2.75, 3.05) is 76.2 Å². The average Bonchev–Trinajstić information content (AvgIpc) is 3.10. The molecule has 2 aromatic heterocycles. The van der Waals surface area contributed by atoms with Crippen LogP contribution in [-0.4, -0.2) is 91.8 Å². The second kappa shape index (κ2) is 14.7. The molecule has 2 fully saturated rings. The number of aliphatic imine (C=N–C) groups is 1. The van der Waals surface area contributed by atoms with Crippen molar-refractivity contribution in [1.29, 1.82) is 0 Å². The zero-order valence-electron chi connectivity index (χ0n) is 28.3. The lowest BCUT2D eigenvalue weighted by molar-refractivity contribution is 0.0945. The number of nitrogens with zero attached hydrogens (tertiary/aromatic N) is 7. The van der Waals surface area contributed by atoms with Crippen molar-refractivity contribution in [3.8, 4) is 5.75 Å². The number of piperidine rings is 2. The summed E-state index contributed by atoms with van der Waals surface area (Å²) in [5, 5.41) is 8.09. The minimum atomic E-state index is -0.496. The van der Waals surface area contributed by atoms with Crippen LogP contribution in [-0.2, 0) is 0 Å². The molecule has 13 heteroatoms. The van der Waals surface area contributed by atoms with Gasteiger partial charge in [-0.15, -0.1) is 0 Å². The predicted molar refractivity (Wildman–Crippen MR) is 204 cm³/mol. The van der Waals surface area contributed by atoms with Crippen LogP contribution in [0.5, 0.6) is 5.75 Å². The molecule has 0 saturated carbocycles. The average molecular weight is 732 g/mol. The Morgan fingerprint density at radius 2 is 1.75 bits per heavy atom. The lowest BCUT2D eigenvalue weighted by Crippen LogP contribution is -2.46. The summed E-state index contributed by atoms with van der Waals surface area (Å²) in [6.45, 7) is 8.75. The molecular weight excluding hydrogens is 687 g/mol. The van der Waals surface area contributed by atoms with Gasteiger partial charge < -0.3 is 30.9 Å². The topological polar surface area (TPSA) is 130 Å². The number of fused-ring (bicyclic) bond motifs is 1. The smallest absolute Gasteiger partial charge is 0.229 e. The van der Waals surface area contributed by atoms with E-state index in [2.05, 4.69) is 88.8 Å². The summed E-state index contributed by atoms with van der Waals surface area (Å²) in [7, 11) is 5.18. The molecule has 1 spiro atoms. The molecule has 0 aliphatic carbocycles. The lowest BCUT2D eigenvalue weighted by atomic mass is 9.71. The van der Waals surface area contributed by atoms with Gasteiger partial charge in [-0.2, -0.15) is 4.98 Å². The van der Waals surface area contributed by atoms with Crippen molar-refractivity contribution in [1.82, 2.24) is 24.8 Å². The predicted octanol–water partition coefficient (Wildman–Crippen LogP) is 6.36. The van der Waals surface area contributed by atoms with Crippen LogP contribution in [0.15, 0.2) is 58.5 Å². The standard InChI is InChI=1S/C35H44BrN10OP/c1-38-21-23(20-37)24-18-28(30(47-3)19-29(24)46-16-10-35(11-17-46)8-14-45(2)15-9-35)43-34-41-22-25(36)33(44-34)42-27-7-6-26-31(32(27)48(4)5)40-13-12-39-26/h6-7,12-13,18-22H,8-11,14-17,37H2,1-5H3,(H2,41,42,43,44). The molecule has 48 heavy (non-hydrogen) atoms. The number of nitrogens with one attached hydrogen (secondary N) is 2. The maximum atomic E-state index is 6.19. The molecule has 0 atom stereocenters. The second-order valence-electron chi connectivity index (χ2n) is 12.8. The highest BCUT2D eigenvalue weighted by Gasteiger charge is 2.37. The van der Waals surface area contributed by atoms with Crippen LogP contribution in [0.4, 0.5) is 28.8 Å². The number of aromatic nitrogens is 4. The van der Waals surface area contributed by atoms with E-state index >= 15 is 0 Å². The lowest BCUT2D eigenvalue weighted by Gasteiger charge is -2.47. The first-order valence-corrected chi connectivity index (χ1v) is 19.2. The van der Waals surface area contributed by atoms with E-state index in [1.54, 1.807) is 45.2 Å². The molecule has 0 bridgehead atoms. The molecule has 0 amide bonds. The first-order chi connectivity index (χ1) is 23.2. The fourth-order valence-electron chi connectivity index (χ4n) is 6.82. The number of benzene rings is 2. The largest absolute Gasteiger partial charge is 0.494 e. The van der Waals surface area contributed by atoms with Gasteiger partial charge in [-0.1, -0.05) is 7.92 Å². The normalized spacial score (nSPS) is 17.1. The molecule has 4 N–H and O–H groups in total. The Morgan fingerprint density at radius 1 is 1.02 bits per heavy atom. The quantitative estimate of drug-likeness (QED) is 0.132. The number of likely N-dealkylation sites (tertiary alicyclic amines) is 1. The van der Waals surface area contributed by atoms with Crippen molar-refractivity contribution in [2.45, 2.75) is 25.7 Å². The number of halogens is 1. The van der Waals surface area contributed by atoms with Gasteiger partial charge in [0.05, 0.1) is 28.3 Å². The van der Waals surface area contributed by atoms with Crippen LogP contribution >= 0.6 is 23.9 Å². The third-order valence-corrected chi connectivity index (χ3v) is 11.5. The minimum absolute atomic E-state index is 0.416. The van der Waals surface area contributed by atoms with E-state index in [0.717, 1.165) is 62.1 Å². The number of hydrogen-bond donors (Lipinski definition) is 3. The van der Waals surface area contributed by atoms with Crippen LogP contribution in [0.1, 0.15) is 31.2 Å². The van der Waals surface area contributed by atoms with Gasteiger partial charge in [-0.3, -0.25) is 15.0 Å².